The van der Waals surface area contributed by atoms with Crippen molar-refractivity contribution in [1.29, 1.82) is 0 Å². The van der Waals surface area contributed by atoms with E-state index in [0.29, 0.717) is 11.4 Å². The van der Waals surface area contributed by atoms with Crippen LogP contribution in [0.4, 0.5) is 5.69 Å². The lowest BCUT2D eigenvalue weighted by Gasteiger charge is -2.09. The van der Waals surface area contributed by atoms with Crippen LogP contribution in [0.3, 0.4) is 0 Å². The standard InChI is InChI=1S/C18H19NO4S/c1-24(21,22)17-7-3-6-15(11-17)19-18(20)12-23-16-9-8-13-4-2-5-14(13)10-16/h3,6-11H,2,4-5,12H2,1H3,(H,19,20). The Morgan fingerprint density at radius 1 is 1.12 bits per heavy atom. The summed E-state index contributed by atoms with van der Waals surface area (Å²) in [6.07, 6.45) is 4.45. The second-order valence-electron chi connectivity index (χ2n) is 5.92. The van der Waals surface area contributed by atoms with Gasteiger partial charge in [-0.3, -0.25) is 4.79 Å². The smallest absolute Gasteiger partial charge is 0.262 e. The Hall–Kier alpha value is -2.34. The molecule has 5 nitrogen and oxygen atoms in total. The molecule has 1 aliphatic carbocycles. The third-order valence-corrected chi connectivity index (χ3v) is 5.10. The van der Waals surface area contributed by atoms with Crippen LogP contribution in [-0.2, 0) is 27.5 Å². The van der Waals surface area contributed by atoms with Crippen molar-refractivity contribution in [3.63, 3.8) is 0 Å². The van der Waals surface area contributed by atoms with Gasteiger partial charge in [0.25, 0.3) is 5.91 Å². The van der Waals surface area contributed by atoms with Crippen LogP contribution in [0.5, 0.6) is 5.75 Å². The van der Waals surface area contributed by atoms with Gasteiger partial charge in [-0.2, -0.15) is 0 Å². The van der Waals surface area contributed by atoms with E-state index in [4.69, 9.17) is 4.74 Å². The van der Waals surface area contributed by atoms with Crippen molar-refractivity contribution in [2.75, 3.05) is 18.2 Å². The van der Waals surface area contributed by atoms with Gasteiger partial charge in [-0.25, -0.2) is 8.42 Å². The number of carbonyl (C=O) groups is 1. The molecule has 0 heterocycles. The molecule has 0 radical (unpaired) electrons. The van der Waals surface area contributed by atoms with Gasteiger partial charge in [0.2, 0.25) is 0 Å². The van der Waals surface area contributed by atoms with Crippen LogP contribution < -0.4 is 10.1 Å². The minimum Gasteiger partial charge on any atom is -0.484 e. The molecule has 1 amide bonds. The van der Waals surface area contributed by atoms with E-state index in [1.165, 1.54) is 23.3 Å². The number of rotatable bonds is 5. The Morgan fingerprint density at radius 3 is 2.71 bits per heavy atom. The highest BCUT2D eigenvalue weighted by molar-refractivity contribution is 7.90. The molecular formula is C18H19NO4S. The Kier molecular flexibility index (Phi) is 4.57. The van der Waals surface area contributed by atoms with Crippen LogP contribution in [0.15, 0.2) is 47.4 Å². The molecule has 6 heteroatoms. The van der Waals surface area contributed by atoms with E-state index in [1.807, 2.05) is 18.2 Å². The predicted octanol–water partition coefficient (Wildman–Crippen LogP) is 2.60. The average Bonchev–Trinajstić information content (AvgIpc) is 3.00. The maximum atomic E-state index is 12.0. The third kappa shape index (κ3) is 3.94. The summed E-state index contributed by atoms with van der Waals surface area (Å²) in [4.78, 5) is 12.2. The van der Waals surface area contributed by atoms with Crippen molar-refractivity contribution in [3.05, 3.63) is 53.6 Å². The van der Waals surface area contributed by atoms with Gasteiger partial charge >= 0.3 is 0 Å². The van der Waals surface area contributed by atoms with Crippen molar-refractivity contribution in [1.82, 2.24) is 0 Å². The van der Waals surface area contributed by atoms with Gasteiger partial charge in [0, 0.05) is 11.9 Å². The molecule has 1 N–H and O–H groups in total. The van der Waals surface area contributed by atoms with Gasteiger partial charge in [-0.1, -0.05) is 12.1 Å². The molecule has 0 atom stereocenters. The second-order valence-corrected chi connectivity index (χ2v) is 7.94. The summed E-state index contributed by atoms with van der Waals surface area (Å²) in [5.41, 5.74) is 3.07. The molecule has 1 aliphatic rings. The Labute approximate surface area is 141 Å². The molecule has 0 aliphatic heterocycles. The molecule has 0 fully saturated rings. The average molecular weight is 345 g/mol. The Balaban J connectivity index is 1.60. The number of hydrogen-bond donors (Lipinski definition) is 1. The van der Waals surface area contributed by atoms with Gasteiger partial charge < -0.3 is 10.1 Å². The molecular weight excluding hydrogens is 326 g/mol. The molecule has 0 aromatic heterocycles. The lowest BCUT2D eigenvalue weighted by molar-refractivity contribution is -0.118. The first-order valence-corrected chi connectivity index (χ1v) is 9.65. The molecule has 0 saturated heterocycles. The van der Waals surface area contributed by atoms with Crippen LogP contribution in [0, 0.1) is 0 Å². The zero-order chi connectivity index (χ0) is 17.2. The van der Waals surface area contributed by atoms with Gasteiger partial charge in [0.05, 0.1) is 4.90 Å². The normalized spacial score (nSPS) is 13.4. The Bertz CT molecular complexity index is 874. The molecule has 0 spiro atoms. The molecule has 0 unspecified atom stereocenters. The Morgan fingerprint density at radius 2 is 1.92 bits per heavy atom. The highest BCUT2D eigenvalue weighted by Gasteiger charge is 2.12. The van der Waals surface area contributed by atoms with E-state index in [9.17, 15) is 13.2 Å². The number of sulfone groups is 1. The lowest BCUT2D eigenvalue weighted by atomic mass is 10.1. The summed E-state index contributed by atoms with van der Waals surface area (Å²) in [6.45, 7) is -0.123. The topological polar surface area (TPSA) is 72.5 Å². The second kappa shape index (κ2) is 6.65. The van der Waals surface area contributed by atoms with Crippen molar-refractivity contribution in [3.8, 4) is 5.75 Å². The van der Waals surface area contributed by atoms with Crippen molar-refractivity contribution in [2.45, 2.75) is 24.2 Å². The minimum absolute atomic E-state index is 0.123. The van der Waals surface area contributed by atoms with Gasteiger partial charge in [0.1, 0.15) is 5.75 Å². The fourth-order valence-electron chi connectivity index (χ4n) is 2.79. The van der Waals surface area contributed by atoms with E-state index in [0.717, 1.165) is 25.5 Å². The maximum Gasteiger partial charge on any atom is 0.262 e. The van der Waals surface area contributed by atoms with Crippen LogP contribution in [0.1, 0.15) is 17.5 Å². The molecule has 0 bridgehead atoms. The molecule has 3 rings (SSSR count). The molecule has 126 valence electrons. The molecule has 2 aromatic rings. The summed E-state index contributed by atoms with van der Waals surface area (Å²) < 4.78 is 28.6. The van der Waals surface area contributed by atoms with Crippen LogP contribution >= 0.6 is 0 Å². The molecule has 24 heavy (non-hydrogen) atoms. The highest BCUT2D eigenvalue weighted by Crippen LogP contribution is 2.26. The zero-order valence-electron chi connectivity index (χ0n) is 13.4. The summed E-state index contributed by atoms with van der Waals surface area (Å²) in [7, 11) is -3.30. The van der Waals surface area contributed by atoms with Crippen LogP contribution in [0.2, 0.25) is 0 Å². The van der Waals surface area contributed by atoms with Crippen molar-refractivity contribution >= 4 is 21.4 Å². The SMILES string of the molecule is CS(=O)(=O)c1cccc(NC(=O)COc2ccc3c(c2)CCC3)c1. The van der Waals surface area contributed by atoms with Crippen molar-refractivity contribution < 1.29 is 17.9 Å². The highest BCUT2D eigenvalue weighted by atomic mass is 32.2. The fraction of sp³-hybridized carbons (Fsp3) is 0.278. The minimum atomic E-state index is -3.30. The predicted molar refractivity (Wildman–Crippen MR) is 92.1 cm³/mol. The number of amides is 1. The summed E-state index contributed by atoms with van der Waals surface area (Å²) in [6, 6.07) is 12.1. The van der Waals surface area contributed by atoms with E-state index in [2.05, 4.69) is 5.32 Å². The number of nitrogens with one attached hydrogen (secondary N) is 1. The van der Waals surface area contributed by atoms with Gasteiger partial charge in [0.15, 0.2) is 16.4 Å². The number of hydrogen-bond acceptors (Lipinski definition) is 4. The van der Waals surface area contributed by atoms with Gasteiger partial charge in [-0.15, -0.1) is 0 Å². The fourth-order valence-corrected chi connectivity index (χ4v) is 3.46. The first-order chi connectivity index (χ1) is 11.4. The van der Waals surface area contributed by atoms with E-state index >= 15 is 0 Å². The molecule has 2 aromatic carbocycles. The summed E-state index contributed by atoms with van der Waals surface area (Å²) in [5, 5.41) is 2.65. The van der Waals surface area contributed by atoms with Crippen LogP contribution in [-0.4, -0.2) is 27.2 Å². The maximum absolute atomic E-state index is 12.0. The van der Waals surface area contributed by atoms with E-state index in [-0.39, 0.29) is 17.4 Å². The van der Waals surface area contributed by atoms with Crippen molar-refractivity contribution in [2.24, 2.45) is 0 Å². The number of carbonyl (C=O) groups excluding carboxylic acids is 1. The van der Waals surface area contributed by atoms with E-state index in [1.54, 1.807) is 12.1 Å². The van der Waals surface area contributed by atoms with E-state index < -0.39 is 9.84 Å². The first-order valence-electron chi connectivity index (χ1n) is 7.76. The quantitative estimate of drug-likeness (QED) is 0.904. The third-order valence-electron chi connectivity index (χ3n) is 3.99. The number of benzene rings is 2. The molecule has 0 saturated carbocycles. The number of anilines is 1. The first kappa shape index (κ1) is 16.5. The van der Waals surface area contributed by atoms with Crippen LogP contribution in [0.25, 0.3) is 0 Å². The van der Waals surface area contributed by atoms with Gasteiger partial charge in [-0.05, 0) is 60.7 Å². The number of ether oxygens (including phenoxy) is 1. The summed E-state index contributed by atoms with van der Waals surface area (Å²) >= 11 is 0. The largest absolute Gasteiger partial charge is 0.484 e. The number of aryl methyl sites for hydroxylation is 2. The lowest BCUT2D eigenvalue weighted by Crippen LogP contribution is -2.20. The zero-order valence-corrected chi connectivity index (χ0v) is 14.2. The number of fused-ring (bicyclic) bond motifs is 1. The summed E-state index contributed by atoms with van der Waals surface area (Å²) in [5.74, 6) is 0.344. The monoisotopic (exact) mass is 345 g/mol.